The first-order valence-electron chi connectivity index (χ1n) is 9.76. The van der Waals surface area contributed by atoms with E-state index >= 15 is 0 Å². The highest BCUT2D eigenvalue weighted by atomic mass is 16.2. The fourth-order valence-electron chi connectivity index (χ4n) is 3.47. The second kappa shape index (κ2) is 7.62. The Bertz CT molecular complexity index is 1370. The number of anilines is 1. The van der Waals surface area contributed by atoms with Crippen LogP contribution in [0.5, 0.6) is 0 Å². The predicted molar refractivity (Wildman–Crippen MR) is 119 cm³/mol. The summed E-state index contributed by atoms with van der Waals surface area (Å²) in [5, 5.41) is 11.4. The van der Waals surface area contributed by atoms with E-state index in [1.807, 2.05) is 55.4 Å². The van der Waals surface area contributed by atoms with Crippen LogP contribution in [0.25, 0.3) is 44.7 Å². The Morgan fingerprint density at radius 3 is 2.90 bits per heavy atom. The van der Waals surface area contributed by atoms with Crippen molar-refractivity contribution in [1.29, 1.82) is 0 Å². The highest BCUT2D eigenvalue weighted by molar-refractivity contribution is 5.94. The number of nitrogens with zero attached hydrogens (tertiary/aromatic N) is 5. The zero-order valence-corrected chi connectivity index (χ0v) is 17.0. The average molecular weight is 412 g/mol. The molecule has 5 aromatic rings. The van der Waals surface area contributed by atoms with Crippen molar-refractivity contribution in [3.8, 4) is 22.6 Å². The van der Waals surface area contributed by atoms with E-state index in [-0.39, 0.29) is 5.91 Å². The average Bonchev–Trinajstić information content (AvgIpc) is 3.36. The number of fused-ring (bicyclic) bond motifs is 2. The number of H-pyrrole nitrogens is 2. The summed E-state index contributed by atoms with van der Waals surface area (Å²) < 4.78 is 0. The maximum absolute atomic E-state index is 12.1. The van der Waals surface area contributed by atoms with E-state index in [0.717, 1.165) is 44.7 Å². The van der Waals surface area contributed by atoms with Crippen molar-refractivity contribution >= 4 is 33.7 Å². The van der Waals surface area contributed by atoms with Crippen LogP contribution >= 0.6 is 0 Å². The summed E-state index contributed by atoms with van der Waals surface area (Å²) in [5.74, 6) is -0.100. The van der Waals surface area contributed by atoms with Crippen LogP contribution in [0.2, 0.25) is 0 Å². The first kappa shape index (κ1) is 18.9. The highest BCUT2D eigenvalue weighted by Crippen LogP contribution is 2.29. The Hall–Kier alpha value is -4.11. The quantitative estimate of drug-likeness (QED) is 0.409. The number of carbonyl (C=O) groups is 1. The first-order chi connectivity index (χ1) is 15.1. The Kier molecular flexibility index (Phi) is 4.64. The SMILES string of the molecule is CN(C)CC(=O)Nc1cncc(-c2ccc3[nH]nc(-c4cc5cccnc5[nH]4)c3n2)c1. The van der Waals surface area contributed by atoms with Crippen LogP contribution in [0.15, 0.2) is 55.0 Å². The molecule has 31 heavy (non-hydrogen) atoms. The van der Waals surface area contributed by atoms with Crippen LogP contribution in [0, 0.1) is 0 Å². The second-order valence-electron chi connectivity index (χ2n) is 7.54. The van der Waals surface area contributed by atoms with E-state index in [1.54, 1.807) is 18.6 Å². The lowest BCUT2D eigenvalue weighted by molar-refractivity contribution is -0.116. The monoisotopic (exact) mass is 412 g/mol. The second-order valence-corrected chi connectivity index (χ2v) is 7.54. The van der Waals surface area contributed by atoms with Crippen molar-refractivity contribution in [3.05, 3.63) is 55.0 Å². The molecule has 0 aliphatic heterocycles. The van der Waals surface area contributed by atoms with Crippen molar-refractivity contribution < 1.29 is 4.79 Å². The molecular formula is C22H20N8O. The Balaban J connectivity index is 1.51. The summed E-state index contributed by atoms with van der Waals surface area (Å²) in [6.07, 6.45) is 5.09. The number of aromatic amines is 2. The Morgan fingerprint density at radius 1 is 1.16 bits per heavy atom. The van der Waals surface area contributed by atoms with Gasteiger partial charge >= 0.3 is 0 Å². The van der Waals surface area contributed by atoms with Crippen molar-refractivity contribution in [2.45, 2.75) is 0 Å². The van der Waals surface area contributed by atoms with E-state index in [4.69, 9.17) is 4.98 Å². The largest absolute Gasteiger partial charge is 0.338 e. The van der Waals surface area contributed by atoms with E-state index < -0.39 is 0 Å². The third kappa shape index (κ3) is 3.74. The summed E-state index contributed by atoms with van der Waals surface area (Å²) in [6.45, 7) is 0.298. The summed E-state index contributed by atoms with van der Waals surface area (Å²) >= 11 is 0. The molecule has 0 aromatic carbocycles. The van der Waals surface area contributed by atoms with Gasteiger partial charge in [0.05, 0.1) is 35.3 Å². The molecular weight excluding hydrogens is 392 g/mol. The van der Waals surface area contributed by atoms with Gasteiger partial charge in [-0.2, -0.15) is 5.10 Å². The minimum absolute atomic E-state index is 0.100. The molecule has 3 N–H and O–H groups in total. The molecule has 9 nitrogen and oxygen atoms in total. The van der Waals surface area contributed by atoms with Crippen LogP contribution in [-0.4, -0.2) is 61.6 Å². The van der Waals surface area contributed by atoms with Gasteiger partial charge in [0.25, 0.3) is 0 Å². The van der Waals surface area contributed by atoms with Crippen LogP contribution in [0.1, 0.15) is 0 Å². The van der Waals surface area contributed by atoms with Gasteiger partial charge in [-0.05, 0) is 50.5 Å². The minimum atomic E-state index is -0.100. The van der Waals surface area contributed by atoms with E-state index in [9.17, 15) is 4.79 Å². The maximum Gasteiger partial charge on any atom is 0.238 e. The van der Waals surface area contributed by atoms with Gasteiger partial charge in [0.1, 0.15) is 16.9 Å². The van der Waals surface area contributed by atoms with Gasteiger partial charge < -0.3 is 15.2 Å². The molecule has 0 atom stereocenters. The van der Waals surface area contributed by atoms with Crippen molar-refractivity contribution in [2.24, 2.45) is 0 Å². The number of likely N-dealkylation sites (N-methyl/N-ethyl adjacent to an activating group) is 1. The molecule has 0 bridgehead atoms. The fourth-order valence-corrected chi connectivity index (χ4v) is 3.47. The molecule has 0 aliphatic rings. The van der Waals surface area contributed by atoms with E-state index in [1.165, 1.54) is 0 Å². The number of nitrogens with one attached hydrogen (secondary N) is 3. The summed E-state index contributed by atoms with van der Waals surface area (Å²) in [4.78, 5) is 30.6. The predicted octanol–water partition coefficient (Wildman–Crippen LogP) is 3.06. The number of hydrogen-bond acceptors (Lipinski definition) is 6. The van der Waals surface area contributed by atoms with Crippen LogP contribution < -0.4 is 5.32 Å². The zero-order chi connectivity index (χ0) is 21.4. The van der Waals surface area contributed by atoms with Crippen molar-refractivity contribution in [1.82, 2.24) is 35.0 Å². The number of rotatable bonds is 5. The van der Waals surface area contributed by atoms with E-state index in [2.05, 4.69) is 30.5 Å². The van der Waals surface area contributed by atoms with Crippen molar-refractivity contribution in [3.63, 3.8) is 0 Å². The van der Waals surface area contributed by atoms with Gasteiger partial charge in [0, 0.05) is 23.3 Å². The Labute approximate surface area is 177 Å². The number of carbonyl (C=O) groups excluding carboxylic acids is 1. The lowest BCUT2D eigenvalue weighted by Crippen LogP contribution is -2.27. The first-order valence-corrected chi connectivity index (χ1v) is 9.76. The van der Waals surface area contributed by atoms with Gasteiger partial charge in [0.2, 0.25) is 5.91 Å². The van der Waals surface area contributed by atoms with Crippen LogP contribution in [0.3, 0.4) is 0 Å². The molecule has 5 heterocycles. The fraction of sp³-hybridized carbons (Fsp3) is 0.136. The molecule has 0 saturated heterocycles. The van der Waals surface area contributed by atoms with Gasteiger partial charge in [-0.25, -0.2) is 9.97 Å². The molecule has 0 aliphatic carbocycles. The molecule has 0 spiro atoms. The van der Waals surface area contributed by atoms with Crippen LogP contribution in [-0.2, 0) is 4.79 Å². The normalized spacial score (nSPS) is 11.5. The minimum Gasteiger partial charge on any atom is -0.338 e. The molecule has 1 amide bonds. The molecule has 0 radical (unpaired) electrons. The third-order valence-electron chi connectivity index (χ3n) is 4.83. The van der Waals surface area contributed by atoms with Gasteiger partial charge in [-0.15, -0.1) is 0 Å². The van der Waals surface area contributed by atoms with Gasteiger partial charge in [-0.3, -0.25) is 14.9 Å². The van der Waals surface area contributed by atoms with E-state index in [0.29, 0.717) is 12.2 Å². The van der Waals surface area contributed by atoms with Crippen LogP contribution in [0.4, 0.5) is 5.69 Å². The molecule has 5 rings (SSSR count). The summed E-state index contributed by atoms with van der Waals surface area (Å²) in [5.41, 5.74) is 6.09. The molecule has 0 saturated carbocycles. The molecule has 9 heteroatoms. The number of hydrogen-bond donors (Lipinski definition) is 3. The molecule has 154 valence electrons. The van der Waals surface area contributed by atoms with Gasteiger partial charge in [-0.1, -0.05) is 0 Å². The maximum atomic E-state index is 12.1. The Morgan fingerprint density at radius 2 is 2.06 bits per heavy atom. The molecule has 0 unspecified atom stereocenters. The summed E-state index contributed by atoms with van der Waals surface area (Å²) in [7, 11) is 3.69. The zero-order valence-electron chi connectivity index (χ0n) is 17.0. The smallest absolute Gasteiger partial charge is 0.238 e. The highest BCUT2D eigenvalue weighted by Gasteiger charge is 2.14. The standard InChI is InChI=1S/C22H20N8O/c1-30(2)12-19(31)25-15-8-14(10-23-11-15)16-5-6-17-20(26-16)21(29-28-17)18-9-13-4-3-7-24-22(13)27-18/h3-11H,12H2,1-2H3,(H,24,27)(H,25,31)(H,28,29). The molecule has 5 aromatic heterocycles. The number of amides is 1. The number of pyridine rings is 3. The third-order valence-corrected chi connectivity index (χ3v) is 4.83. The van der Waals surface area contributed by atoms with Crippen molar-refractivity contribution in [2.75, 3.05) is 26.0 Å². The molecule has 0 fully saturated rings. The lowest BCUT2D eigenvalue weighted by Gasteiger charge is -2.10. The lowest BCUT2D eigenvalue weighted by atomic mass is 10.1. The number of aromatic nitrogens is 6. The summed E-state index contributed by atoms with van der Waals surface area (Å²) in [6, 6.07) is 11.6. The van der Waals surface area contributed by atoms with Gasteiger partial charge in [0.15, 0.2) is 0 Å². The topological polar surface area (TPSA) is 115 Å².